The zero-order valence-corrected chi connectivity index (χ0v) is 15.3. The van der Waals surface area contributed by atoms with E-state index in [-0.39, 0.29) is 27.7 Å². The number of ether oxygens (including phenoxy) is 1. The number of rotatable bonds is 6. The summed E-state index contributed by atoms with van der Waals surface area (Å²) < 4.78 is 28.8. The van der Waals surface area contributed by atoms with Gasteiger partial charge in [0, 0.05) is 30.4 Å². The van der Waals surface area contributed by atoms with Gasteiger partial charge >= 0.3 is 6.61 Å². The van der Waals surface area contributed by atoms with Crippen molar-refractivity contribution in [2.24, 2.45) is 0 Å². The Morgan fingerprint density at radius 3 is 2.54 bits per heavy atom. The van der Waals surface area contributed by atoms with Gasteiger partial charge in [-0.15, -0.1) is 0 Å². The van der Waals surface area contributed by atoms with Crippen molar-refractivity contribution in [3.8, 4) is 5.75 Å². The normalized spacial score (nSPS) is 13.6. The lowest BCUT2D eigenvalue weighted by atomic mass is 10.1. The lowest BCUT2D eigenvalue weighted by Gasteiger charge is -2.17. The number of nitro benzene ring substituents is 1. The third-order valence-corrected chi connectivity index (χ3v) is 4.58. The maximum atomic E-state index is 12.5. The number of nitrogens with zero attached hydrogens (tertiary/aromatic N) is 2. The van der Waals surface area contributed by atoms with Gasteiger partial charge in [0.25, 0.3) is 11.6 Å². The van der Waals surface area contributed by atoms with E-state index in [2.05, 4.69) is 10.1 Å². The van der Waals surface area contributed by atoms with Crippen molar-refractivity contribution < 1.29 is 23.2 Å². The summed E-state index contributed by atoms with van der Waals surface area (Å²) in [5.74, 6) is -0.810. The fourth-order valence-corrected chi connectivity index (χ4v) is 3.23. The Morgan fingerprint density at radius 1 is 1.21 bits per heavy atom. The Balaban J connectivity index is 1.79. The topological polar surface area (TPSA) is 84.7 Å². The molecule has 1 fully saturated rings. The van der Waals surface area contributed by atoms with Crippen LogP contribution in [0.1, 0.15) is 23.2 Å². The maximum Gasteiger partial charge on any atom is 0.387 e. The van der Waals surface area contributed by atoms with Crippen LogP contribution in [0.4, 0.5) is 25.8 Å². The minimum atomic E-state index is -3.02. The predicted molar refractivity (Wildman–Crippen MR) is 101 cm³/mol. The molecule has 1 heterocycles. The molecule has 148 valence electrons. The van der Waals surface area contributed by atoms with Gasteiger partial charge in [-0.2, -0.15) is 8.78 Å². The SMILES string of the molecule is O=C(Nc1ccc(OC(F)F)c(Cl)c1)c1ccc(N2CCCC2)c([N+](=O)[O-])c1. The van der Waals surface area contributed by atoms with Crippen molar-refractivity contribution in [1.82, 2.24) is 0 Å². The number of amides is 1. The molecule has 2 aromatic carbocycles. The molecule has 7 nitrogen and oxygen atoms in total. The van der Waals surface area contributed by atoms with E-state index in [1.807, 2.05) is 4.90 Å². The molecule has 1 aliphatic rings. The smallest absolute Gasteiger partial charge is 0.387 e. The standard InChI is InChI=1S/C18H16ClF2N3O4/c19-13-10-12(4-6-16(13)28-18(20)21)22-17(25)11-3-5-14(15(9-11)24(26)27)23-7-1-2-8-23/h3-6,9-10,18H,1-2,7-8H2,(H,22,25). The average Bonchev–Trinajstić information content (AvgIpc) is 3.17. The van der Waals surface area contributed by atoms with Crippen LogP contribution < -0.4 is 15.0 Å². The van der Waals surface area contributed by atoms with Crippen LogP contribution in [0.2, 0.25) is 5.02 Å². The monoisotopic (exact) mass is 411 g/mol. The number of hydrogen-bond acceptors (Lipinski definition) is 5. The van der Waals surface area contributed by atoms with E-state index in [1.165, 1.54) is 30.3 Å². The highest BCUT2D eigenvalue weighted by Crippen LogP contribution is 2.32. The summed E-state index contributed by atoms with van der Waals surface area (Å²) in [4.78, 5) is 25.3. The van der Waals surface area contributed by atoms with E-state index in [0.29, 0.717) is 5.69 Å². The van der Waals surface area contributed by atoms with Gasteiger partial charge in [-0.05, 0) is 43.2 Å². The highest BCUT2D eigenvalue weighted by molar-refractivity contribution is 6.32. The molecule has 0 bridgehead atoms. The van der Waals surface area contributed by atoms with Gasteiger partial charge in [-0.3, -0.25) is 14.9 Å². The number of hydrogen-bond donors (Lipinski definition) is 1. The van der Waals surface area contributed by atoms with Crippen molar-refractivity contribution >= 4 is 34.6 Å². The Kier molecular flexibility index (Phi) is 5.93. The number of nitrogens with one attached hydrogen (secondary N) is 1. The van der Waals surface area contributed by atoms with Crippen LogP contribution in [-0.2, 0) is 0 Å². The molecule has 0 saturated carbocycles. The zero-order chi connectivity index (χ0) is 20.3. The van der Waals surface area contributed by atoms with Crippen molar-refractivity contribution in [1.29, 1.82) is 0 Å². The van der Waals surface area contributed by atoms with Crippen LogP contribution in [0.25, 0.3) is 0 Å². The summed E-state index contributed by atoms with van der Waals surface area (Å²) in [7, 11) is 0. The highest BCUT2D eigenvalue weighted by atomic mass is 35.5. The number of nitro groups is 1. The second kappa shape index (κ2) is 8.39. The van der Waals surface area contributed by atoms with E-state index in [0.717, 1.165) is 25.9 Å². The van der Waals surface area contributed by atoms with E-state index < -0.39 is 17.4 Å². The van der Waals surface area contributed by atoms with Gasteiger partial charge in [0.05, 0.1) is 9.95 Å². The summed E-state index contributed by atoms with van der Waals surface area (Å²) in [6.07, 6.45) is 1.93. The average molecular weight is 412 g/mol. The number of anilines is 2. The summed E-state index contributed by atoms with van der Waals surface area (Å²) in [5.41, 5.74) is 0.672. The zero-order valence-electron chi connectivity index (χ0n) is 14.5. The van der Waals surface area contributed by atoms with Crippen molar-refractivity contribution in [3.05, 3.63) is 57.1 Å². The van der Waals surface area contributed by atoms with Crippen LogP contribution in [0.5, 0.6) is 5.75 Å². The molecule has 0 unspecified atom stereocenters. The van der Waals surface area contributed by atoms with Crippen LogP contribution in [0.15, 0.2) is 36.4 Å². The summed E-state index contributed by atoms with van der Waals surface area (Å²) >= 11 is 5.86. The Labute approximate surface area is 164 Å². The molecule has 28 heavy (non-hydrogen) atoms. The quantitative estimate of drug-likeness (QED) is 0.550. The first kappa shape index (κ1) is 19.8. The third kappa shape index (κ3) is 4.48. The minimum Gasteiger partial charge on any atom is -0.433 e. The summed E-state index contributed by atoms with van der Waals surface area (Å²) in [5, 5.41) is 13.9. The molecule has 0 aromatic heterocycles. The summed E-state index contributed by atoms with van der Waals surface area (Å²) in [6.45, 7) is -1.55. The number of benzene rings is 2. The van der Waals surface area contributed by atoms with Crippen LogP contribution >= 0.6 is 11.6 Å². The first-order valence-electron chi connectivity index (χ1n) is 8.44. The number of alkyl halides is 2. The van der Waals surface area contributed by atoms with Crippen molar-refractivity contribution in [3.63, 3.8) is 0 Å². The predicted octanol–water partition coefficient (Wildman–Crippen LogP) is 4.70. The highest BCUT2D eigenvalue weighted by Gasteiger charge is 2.24. The Bertz CT molecular complexity index is 904. The van der Waals surface area contributed by atoms with E-state index >= 15 is 0 Å². The van der Waals surface area contributed by atoms with Gasteiger partial charge in [-0.25, -0.2) is 0 Å². The molecule has 0 atom stereocenters. The fourth-order valence-electron chi connectivity index (χ4n) is 3.01. The number of halogens is 3. The molecule has 0 radical (unpaired) electrons. The molecule has 3 rings (SSSR count). The first-order chi connectivity index (χ1) is 13.3. The number of carbonyl (C=O) groups excluding carboxylic acids is 1. The molecule has 2 aromatic rings. The lowest BCUT2D eigenvalue weighted by molar-refractivity contribution is -0.384. The number of carbonyl (C=O) groups is 1. The largest absolute Gasteiger partial charge is 0.433 e. The molecule has 0 spiro atoms. The van der Waals surface area contributed by atoms with Crippen molar-refractivity contribution in [2.45, 2.75) is 19.5 Å². The minimum absolute atomic E-state index is 0.0960. The van der Waals surface area contributed by atoms with Crippen LogP contribution in [0, 0.1) is 10.1 Å². The molecular weight excluding hydrogens is 396 g/mol. The second-order valence-corrected chi connectivity index (χ2v) is 6.54. The van der Waals surface area contributed by atoms with Gasteiger partial charge in [0.2, 0.25) is 0 Å². The van der Waals surface area contributed by atoms with E-state index in [1.54, 1.807) is 6.07 Å². The van der Waals surface area contributed by atoms with E-state index in [9.17, 15) is 23.7 Å². The fraction of sp³-hybridized carbons (Fsp3) is 0.278. The molecular formula is C18H16ClF2N3O4. The van der Waals surface area contributed by atoms with Gasteiger partial charge in [0.1, 0.15) is 11.4 Å². The Morgan fingerprint density at radius 2 is 1.93 bits per heavy atom. The van der Waals surface area contributed by atoms with Gasteiger partial charge in [-0.1, -0.05) is 11.6 Å². The maximum absolute atomic E-state index is 12.5. The van der Waals surface area contributed by atoms with Crippen molar-refractivity contribution in [2.75, 3.05) is 23.3 Å². The van der Waals surface area contributed by atoms with Crippen LogP contribution in [0.3, 0.4) is 0 Å². The Hall–Kier alpha value is -2.94. The van der Waals surface area contributed by atoms with Gasteiger partial charge < -0.3 is 15.0 Å². The lowest BCUT2D eigenvalue weighted by Crippen LogP contribution is -2.19. The van der Waals surface area contributed by atoms with E-state index in [4.69, 9.17) is 11.6 Å². The molecule has 1 amide bonds. The first-order valence-corrected chi connectivity index (χ1v) is 8.82. The molecule has 1 N–H and O–H groups in total. The molecule has 10 heteroatoms. The van der Waals surface area contributed by atoms with Gasteiger partial charge in [0.15, 0.2) is 0 Å². The summed E-state index contributed by atoms with van der Waals surface area (Å²) in [6, 6.07) is 8.08. The second-order valence-electron chi connectivity index (χ2n) is 6.13. The molecule has 0 aliphatic carbocycles. The molecule has 1 saturated heterocycles. The molecule has 1 aliphatic heterocycles. The third-order valence-electron chi connectivity index (χ3n) is 4.29. The van der Waals surface area contributed by atoms with Crippen LogP contribution in [-0.4, -0.2) is 30.5 Å².